The minimum atomic E-state index is -0.403. The summed E-state index contributed by atoms with van der Waals surface area (Å²) in [6.45, 7) is 4.65. The summed E-state index contributed by atoms with van der Waals surface area (Å²) in [5, 5.41) is 3.95. The van der Waals surface area contributed by atoms with Gasteiger partial charge in [0.1, 0.15) is 18.8 Å². The number of amides is 1. The monoisotopic (exact) mass is 355 g/mol. The highest BCUT2D eigenvalue weighted by atomic mass is 35.5. The van der Waals surface area contributed by atoms with E-state index in [2.05, 4.69) is 10.5 Å². The fourth-order valence-corrected chi connectivity index (χ4v) is 2.33. The van der Waals surface area contributed by atoms with Gasteiger partial charge in [-0.05, 0) is 12.1 Å². The fourth-order valence-electron chi connectivity index (χ4n) is 2.33. The van der Waals surface area contributed by atoms with Gasteiger partial charge in [0, 0.05) is 12.5 Å². The van der Waals surface area contributed by atoms with Crippen molar-refractivity contribution in [1.82, 2.24) is 5.43 Å². The molecule has 7 nitrogen and oxygen atoms in total. The Morgan fingerprint density at radius 2 is 2.00 bits per heavy atom. The summed E-state index contributed by atoms with van der Waals surface area (Å²) < 4.78 is 11.0. The number of hydrogen-bond acceptors (Lipinski definition) is 5. The van der Waals surface area contributed by atoms with Crippen LogP contribution in [0.4, 0.5) is 0 Å². The number of morpholine rings is 1. The molecule has 132 valence electrons. The molecule has 1 aliphatic rings. The van der Waals surface area contributed by atoms with Crippen LogP contribution < -0.4 is 22.6 Å². The van der Waals surface area contributed by atoms with Crippen LogP contribution in [0, 0.1) is 0 Å². The number of quaternary nitrogens is 1. The number of rotatable bonds is 5. The van der Waals surface area contributed by atoms with Gasteiger partial charge in [0.2, 0.25) is 0 Å². The van der Waals surface area contributed by atoms with Crippen molar-refractivity contribution in [1.29, 1.82) is 0 Å². The van der Waals surface area contributed by atoms with Crippen molar-refractivity contribution < 1.29 is 36.0 Å². The molecular formula is C16H22ClN3O4. The lowest BCUT2D eigenvalue weighted by Gasteiger charge is -2.36. The number of halogens is 1. The van der Waals surface area contributed by atoms with Gasteiger partial charge in [0.25, 0.3) is 5.91 Å². The van der Waals surface area contributed by atoms with Gasteiger partial charge in [-0.2, -0.15) is 5.10 Å². The van der Waals surface area contributed by atoms with Gasteiger partial charge in [0.05, 0.1) is 26.5 Å². The summed E-state index contributed by atoms with van der Waals surface area (Å²) in [5.41, 5.74) is 3.14. The fraction of sp³-hybridized carbons (Fsp3) is 0.438. The highest BCUT2D eigenvalue weighted by Crippen LogP contribution is 2.15. The molecule has 0 spiro atoms. The largest absolute Gasteiger partial charge is 1.00 e. The second kappa shape index (κ2) is 9.36. The zero-order valence-electron chi connectivity index (χ0n) is 13.8. The SMILES string of the molecule is CC(=O)Oc1ccccc1C=NNC(=O)C[N+]1(C)CCOCC1.[Cl-]. The van der Waals surface area contributed by atoms with Crippen molar-refractivity contribution in [2.75, 3.05) is 39.9 Å². The first-order valence-electron chi connectivity index (χ1n) is 7.49. The van der Waals surface area contributed by atoms with E-state index < -0.39 is 5.97 Å². The Labute approximate surface area is 147 Å². The molecule has 1 fully saturated rings. The normalized spacial score (nSPS) is 16.2. The molecule has 24 heavy (non-hydrogen) atoms. The van der Waals surface area contributed by atoms with Gasteiger partial charge < -0.3 is 26.4 Å². The highest BCUT2D eigenvalue weighted by Gasteiger charge is 2.27. The molecule has 1 N–H and O–H groups in total. The number of hydrogen-bond donors (Lipinski definition) is 1. The standard InChI is InChI=1S/C16H21N3O4.ClH/c1-13(20)23-15-6-4-3-5-14(15)11-17-18-16(21)12-19(2)7-9-22-10-8-19;/h3-6,11H,7-10,12H2,1-2H3;1H. The van der Waals surface area contributed by atoms with Crippen LogP contribution in [0.2, 0.25) is 0 Å². The molecular weight excluding hydrogens is 334 g/mol. The Bertz CT molecular complexity index is 601. The molecule has 1 aromatic carbocycles. The van der Waals surface area contributed by atoms with E-state index >= 15 is 0 Å². The predicted octanol–water partition coefficient (Wildman–Crippen LogP) is -2.46. The summed E-state index contributed by atoms with van der Waals surface area (Å²) in [4.78, 5) is 23.1. The molecule has 0 aliphatic carbocycles. The van der Waals surface area contributed by atoms with Gasteiger partial charge in [-0.3, -0.25) is 9.59 Å². The predicted molar refractivity (Wildman–Crippen MR) is 85.1 cm³/mol. The van der Waals surface area contributed by atoms with Crippen LogP contribution in [0.3, 0.4) is 0 Å². The number of nitrogens with zero attached hydrogens (tertiary/aromatic N) is 2. The van der Waals surface area contributed by atoms with Gasteiger partial charge in [-0.1, -0.05) is 12.1 Å². The van der Waals surface area contributed by atoms with Crippen molar-refractivity contribution >= 4 is 18.1 Å². The van der Waals surface area contributed by atoms with Crippen LogP contribution in [0.15, 0.2) is 29.4 Å². The summed E-state index contributed by atoms with van der Waals surface area (Å²) in [7, 11) is 2.03. The van der Waals surface area contributed by atoms with E-state index in [0.717, 1.165) is 13.1 Å². The Balaban J connectivity index is 0.00000288. The van der Waals surface area contributed by atoms with Crippen molar-refractivity contribution in [3.8, 4) is 5.75 Å². The lowest BCUT2D eigenvalue weighted by Crippen LogP contribution is -3.00. The van der Waals surface area contributed by atoms with E-state index in [-0.39, 0.29) is 18.3 Å². The third-order valence-electron chi connectivity index (χ3n) is 3.64. The van der Waals surface area contributed by atoms with Crippen molar-refractivity contribution in [2.24, 2.45) is 5.10 Å². The summed E-state index contributed by atoms with van der Waals surface area (Å²) in [6, 6.07) is 6.99. The van der Waals surface area contributed by atoms with E-state index in [4.69, 9.17) is 9.47 Å². The number of benzene rings is 1. The number of esters is 1. The summed E-state index contributed by atoms with van der Waals surface area (Å²) in [6.07, 6.45) is 1.47. The summed E-state index contributed by atoms with van der Waals surface area (Å²) >= 11 is 0. The third-order valence-corrected chi connectivity index (χ3v) is 3.64. The van der Waals surface area contributed by atoms with Gasteiger partial charge in [-0.15, -0.1) is 0 Å². The average Bonchev–Trinajstić information content (AvgIpc) is 2.48. The van der Waals surface area contributed by atoms with Crippen LogP contribution in [0.5, 0.6) is 5.75 Å². The summed E-state index contributed by atoms with van der Waals surface area (Å²) in [5.74, 6) is -0.152. The third kappa shape index (κ3) is 6.27. The lowest BCUT2D eigenvalue weighted by atomic mass is 10.2. The van der Waals surface area contributed by atoms with Crippen LogP contribution >= 0.6 is 0 Å². The first-order chi connectivity index (χ1) is 11.0. The van der Waals surface area contributed by atoms with Gasteiger partial charge in [-0.25, -0.2) is 5.43 Å². The molecule has 1 aliphatic heterocycles. The molecule has 0 bridgehead atoms. The molecule has 8 heteroatoms. The first kappa shape index (κ1) is 20.1. The maximum Gasteiger partial charge on any atom is 0.308 e. The number of nitrogens with one attached hydrogen (secondary N) is 1. The minimum absolute atomic E-state index is 0. The lowest BCUT2D eigenvalue weighted by molar-refractivity contribution is -0.909. The number of para-hydroxylation sites is 1. The Morgan fingerprint density at radius 3 is 2.67 bits per heavy atom. The second-order valence-corrected chi connectivity index (χ2v) is 5.76. The topological polar surface area (TPSA) is 77.0 Å². The molecule has 0 radical (unpaired) electrons. The quantitative estimate of drug-likeness (QED) is 0.209. The van der Waals surface area contributed by atoms with Crippen LogP contribution in [0.25, 0.3) is 0 Å². The van der Waals surface area contributed by atoms with Crippen LogP contribution in [0.1, 0.15) is 12.5 Å². The van der Waals surface area contributed by atoms with Gasteiger partial charge >= 0.3 is 5.97 Å². The molecule has 0 unspecified atom stereocenters. The molecule has 0 aromatic heterocycles. The van der Waals surface area contributed by atoms with E-state index in [0.29, 0.717) is 35.6 Å². The van der Waals surface area contributed by atoms with Crippen LogP contribution in [-0.2, 0) is 14.3 Å². The van der Waals surface area contributed by atoms with E-state index in [1.54, 1.807) is 24.3 Å². The molecule has 1 saturated heterocycles. The number of ether oxygens (including phenoxy) is 2. The van der Waals surface area contributed by atoms with Crippen molar-refractivity contribution in [3.63, 3.8) is 0 Å². The number of hydrazone groups is 1. The van der Waals surface area contributed by atoms with E-state index in [1.807, 2.05) is 7.05 Å². The number of carbonyl (C=O) groups is 2. The Kier molecular flexibility index (Phi) is 7.84. The van der Waals surface area contributed by atoms with Gasteiger partial charge in [0.15, 0.2) is 6.54 Å². The smallest absolute Gasteiger partial charge is 0.308 e. The highest BCUT2D eigenvalue weighted by molar-refractivity contribution is 5.86. The van der Waals surface area contributed by atoms with Crippen LogP contribution in [-0.4, -0.2) is 62.5 Å². The maximum absolute atomic E-state index is 12.0. The molecule has 1 amide bonds. The number of likely N-dealkylation sites (N-methyl/N-ethyl adjacent to an activating group) is 1. The minimum Gasteiger partial charge on any atom is -1.00 e. The first-order valence-corrected chi connectivity index (χ1v) is 7.49. The second-order valence-electron chi connectivity index (χ2n) is 5.76. The van der Waals surface area contributed by atoms with Crippen molar-refractivity contribution in [3.05, 3.63) is 29.8 Å². The van der Waals surface area contributed by atoms with E-state index in [1.165, 1.54) is 13.1 Å². The molecule has 0 saturated carbocycles. The maximum atomic E-state index is 12.0. The zero-order valence-corrected chi connectivity index (χ0v) is 14.6. The molecule has 0 atom stereocenters. The van der Waals surface area contributed by atoms with E-state index in [9.17, 15) is 9.59 Å². The van der Waals surface area contributed by atoms with Crippen molar-refractivity contribution in [2.45, 2.75) is 6.92 Å². The Morgan fingerprint density at radius 1 is 1.33 bits per heavy atom. The Hall–Kier alpha value is -1.96. The molecule has 2 rings (SSSR count). The number of carbonyl (C=O) groups excluding carboxylic acids is 2. The zero-order chi connectivity index (χ0) is 16.7. The molecule has 1 aromatic rings. The molecule has 1 heterocycles. The average molecular weight is 356 g/mol.